The number of amides is 2. The van der Waals surface area contributed by atoms with Gasteiger partial charge in [0, 0.05) is 24.5 Å². The average Bonchev–Trinajstić information content (AvgIpc) is 3.48. The maximum atomic E-state index is 13.0. The number of carbonyl (C=O) groups is 2. The highest BCUT2D eigenvalue weighted by Crippen LogP contribution is 2.31. The molecule has 0 unspecified atom stereocenters. The third-order valence-corrected chi connectivity index (χ3v) is 5.52. The first-order chi connectivity index (χ1) is 16.2. The van der Waals surface area contributed by atoms with Crippen molar-refractivity contribution in [3.8, 4) is 17.7 Å². The minimum absolute atomic E-state index is 0.134. The van der Waals surface area contributed by atoms with Gasteiger partial charge in [-0.3, -0.25) is 9.59 Å². The number of oxazole rings is 1. The molecule has 2 N–H and O–H groups in total. The minimum atomic E-state index is -0.388. The number of rotatable bonds is 5. The lowest BCUT2D eigenvalue weighted by molar-refractivity contribution is -0.120. The van der Waals surface area contributed by atoms with Gasteiger partial charge < -0.3 is 24.4 Å². The zero-order valence-corrected chi connectivity index (χ0v) is 19.4. The molecule has 0 atom stereocenters. The van der Waals surface area contributed by atoms with Gasteiger partial charge in [0.15, 0.2) is 5.76 Å². The minimum Gasteiger partial charge on any atom is -0.459 e. The Bertz CT molecular complexity index is 1210. The molecule has 0 spiro atoms. The highest BCUT2D eigenvalue weighted by molar-refractivity contribution is 6.04. The summed E-state index contributed by atoms with van der Waals surface area (Å²) in [4.78, 5) is 31.8. The smallest absolute Gasteiger partial charge is 0.266 e. The molecular formula is C25H27N5O4. The predicted molar refractivity (Wildman–Crippen MR) is 126 cm³/mol. The van der Waals surface area contributed by atoms with Crippen molar-refractivity contribution >= 4 is 23.4 Å². The summed E-state index contributed by atoms with van der Waals surface area (Å²) in [5.41, 5.74) is 0.713. The summed E-state index contributed by atoms with van der Waals surface area (Å²) in [6.45, 7) is 6.79. The highest BCUT2D eigenvalue weighted by atomic mass is 16.4. The molecule has 1 saturated heterocycles. The molecule has 1 fully saturated rings. The molecule has 34 heavy (non-hydrogen) atoms. The number of hydrogen-bond acceptors (Lipinski definition) is 7. The zero-order valence-electron chi connectivity index (χ0n) is 19.4. The first kappa shape index (κ1) is 23.1. The number of furan rings is 1. The van der Waals surface area contributed by atoms with Crippen molar-refractivity contribution in [2.24, 2.45) is 5.92 Å². The number of benzene rings is 1. The quantitative estimate of drug-likeness (QED) is 0.584. The first-order valence-corrected chi connectivity index (χ1v) is 11.2. The lowest BCUT2D eigenvalue weighted by Crippen LogP contribution is -2.41. The molecule has 0 bridgehead atoms. The summed E-state index contributed by atoms with van der Waals surface area (Å²) in [6.07, 6.45) is 2.66. The van der Waals surface area contributed by atoms with Crippen LogP contribution in [0.1, 0.15) is 49.7 Å². The molecule has 1 aliphatic rings. The molecule has 9 nitrogen and oxygen atoms in total. The van der Waals surface area contributed by atoms with Crippen molar-refractivity contribution in [2.45, 2.75) is 39.2 Å². The summed E-state index contributed by atoms with van der Waals surface area (Å²) in [5.74, 6) is 0.489. The molecule has 0 aliphatic carbocycles. The Kier molecular flexibility index (Phi) is 6.41. The van der Waals surface area contributed by atoms with Crippen molar-refractivity contribution in [3.63, 3.8) is 0 Å². The van der Waals surface area contributed by atoms with Crippen molar-refractivity contribution < 1.29 is 18.4 Å². The van der Waals surface area contributed by atoms with E-state index in [0.29, 0.717) is 48.8 Å². The van der Waals surface area contributed by atoms with Crippen molar-refractivity contribution in [1.29, 1.82) is 5.26 Å². The van der Waals surface area contributed by atoms with Crippen LogP contribution in [0.2, 0.25) is 0 Å². The normalized spacial score (nSPS) is 14.5. The lowest BCUT2D eigenvalue weighted by atomic mass is 9.95. The fraction of sp³-hybridized carbons (Fsp3) is 0.360. The molecule has 3 heterocycles. The van der Waals surface area contributed by atoms with Gasteiger partial charge in [-0.25, -0.2) is 0 Å². The number of anilines is 2. The van der Waals surface area contributed by atoms with E-state index in [-0.39, 0.29) is 34.9 Å². The SMILES string of the molecule is CC(C)(C)NC(=O)c1ccccc1NC(=O)C1CCN(c2oc(-c3ccco3)nc2C#N)CC1. The molecule has 9 heteroatoms. The Morgan fingerprint density at radius 2 is 1.88 bits per heavy atom. The van der Waals surface area contributed by atoms with E-state index in [1.807, 2.05) is 25.7 Å². The number of nitrogens with one attached hydrogen (secondary N) is 2. The van der Waals surface area contributed by atoms with Crippen LogP contribution in [0.4, 0.5) is 11.6 Å². The van der Waals surface area contributed by atoms with Crippen molar-refractivity contribution in [3.05, 3.63) is 53.9 Å². The second-order valence-corrected chi connectivity index (χ2v) is 9.26. The topological polar surface area (TPSA) is 124 Å². The third-order valence-electron chi connectivity index (χ3n) is 5.52. The fourth-order valence-corrected chi connectivity index (χ4v) is 3.88. The number of carbonyl (C=O) groups excluding carboxylic acids is 2. The monoisotopic (exact) mass is 461 g/mol. The van der Waals surface area contributed by atoms with Gasteiger partial charge in [0.05, 0.1) is 17.5 Å². The Balaban J connectivity index is 1.41. The van der Waals surface area contributed by atoms with E-state index in [1.54, 1.807) is 36.4 Å². The van der Waals surface area contributed by atoms with Crippen LogP contribution in [0.15, 0.2) is 51.5 Å². The van der Waals surface area contributed by atoms with E-state index >= 15 is 0 Å². The molecule has 0 radical (unpaired) electrons. The van der Waals surface area contributed by atoms with Crippen LogP contribution in [0, 0.1) is 17.2 Å². The van der Waals surface area contributed by atoms with Gasteiger partial charge in [-0.1, -0.05) is 12.1 Å². The summed E-state index contributed by atoms with van der Waals surface area (Å²) in [5, 5.41) is 15.3. The summed E-state index contributed by atoms with van der Waals surface area (Å²) < 4.78 is 11.1. The Labute approximate surface area is 197 Å². The van der Waals surface area contributed by atoms with E-state index in [1.165, 1.54) is 6.26 Å². The number of piperidine rings is 1. The maximum absolute atomic E-state index is 13.0. The lowest BCUT2D eigenvalue weighted by Gasteiger charge is -2.31. The van der Waals surface area contributed by atoms with Crippen LogP contribution in [0.3, 0.4) is 0 Å². The highest BCUT2D eigenvalue weighted by Gasteiger charge is 2.30. The number of nitrogens with zero attached hydrogens (tertiary/aromatic N) is 3. The van der Waals surface area contributed by atoms with E-state index in [0.717, 1.165) is 0 Å². The standard InChI is InChI=1S/C25H27N5O4/c1-25(2,3)29-22(32)17-7-4-5-8-18(17)27-21(31)16-10-12-30(13-11-16)24-19(15-26)28-23(34-24)20-9-6-14-33-20/h4-9,14,16H,10-13H2,1-3H3,(H,27,31)(H,29,32). The van der Waals surface area contributed by atoms with Crippen LogP contribution in [0.25, 0.3) is 11.7 Å². The molecule has 4 rings (SSSR count). The zero-order chi connectivity index (χ0) is 24.3. The van der Waals surface area contributed by atoms with Gasteiger partial charge in [-0.05, 0) is 57.9 Å². The third kappa shape index (κ3) is 5.12. The van der Waals surface area contributed by atoms with E-state index in [9.17, 15) is 14.9 Å². The van der Waals surface area contributed by atoms with Gasteiger partial charge in [0.25, 0.3) is 11.8 Å². The molecule has 1 aliphatic heterocycles. The molecular weight excluding hydrogens is 434 g/mol. The molecule has 176 valence electrons. The van der Waals surface area contributed by atoms with Crippen LogP contribution in [-0.4, -0.2) is 35.4 Å². The van der Waals surface area contributed by atoms with Crippen molar-refractivity contribution in [2.75, 3.05) is 23.3 Å². The second-order valence-electron chi connectivity index (χ2n) is 9.26. The summed E-state index contributed by atoms with van der Waals surface area (Å²) in [6, 6.07) is 12.5. The largest absolute Gasteiger partial charge is 0.459 e. The number of nitriles is 1. The fourth-order valence-electron chi connectivity index (χ4n) is 3.88. The van der Waals surface area contributed by atoms with Crippen LogP contribution >= 0.6 is 0 Å². The number of para-hydroxylation sites is 1. The maximum Gasteiger partial charge on any atom is 0.266 e. The van der Waals surface area contributed by atoms with E-state index in [4.69, 9.17) is 8.83 Å². The van der Waals surface area contributed by atoms with Crippen molar-refractivity contribution in [1.82, 2.24) is 10.3 Å². The van der Waals surface area contributed by atoms with Gasteiger partial charge >= 0.3 is 0 Å². The van der Waals surface area contributed by atoms with Crippen LogP contribution < -0.4 is 15.5 Å². The van der Waals surface area contributed by atoms with Gasteiger partial charge in [-0.2, -0.15) is 10.2 Å². The first-order valence-electron chi connectivity index (χ1n) is 11.2. The molecule has 2 amide bonds. The Hall–Kier alpha value is -4.06. The second kappa shape index (κ2) is 9.43. The molecule has 2 aromatic heterocycles. The molecule has 1 aromatic carbocycles. The Morgan fingerprint density at radius 3 is 2.53 bits per heavy atom. The number of hydrogen-bond donors (Lipinski definition) is 2. The van der Waals surface area contributed by atoms with Gasteiger partial charge in [0.2, 0.25) is 17.5 Å². The molecule has 0 saturated carbocycles. The van der Waals surface area contributed by atoms with Crippen LogP contribution in [0.5, 0.6) is 0 Å². The average molecular weight is 462 g/mol. The predicted octanol–water partition coefficient (Wildman–Crippen LogP) is 4.19. The van der Waals surface area contributed by atoms with E-state index in [2.05, 4.69) is 21.7 Å². The summed E-state index contributed by atoms with van der Waals surface area (Å²) in [7, 11) is 0. The Morgan fingerprint density at radius 1 is 1.15 bits per heavy atom. The number of aromatic nitrogens is 1. The van der Waals surface area contributed by atoms with Gasteiger partial charge in [-0.15, -0.1) is 0 Å². The molecule has 3 aromatic rings. The summed E-state index contributed by atoms with van der Waals surface area (Å²) >= 11 is 0. The van der Waals surface area contributed by atoms with E-state index < -0.39 is 0 Å². The van der Waals surface area contributed by atoms with Gasteiger partial charge in [0.1, 0.15) is 6.07 Å². The van der Waals surface area contributed by atoms with Crippen LogP contribution in [-0.2, 0) is 4.79 Å².